The van der Waals surface area contributed by atoms with Gasteiger partial charge in [0, 0.05) is 41.4 Å². The summed E-state index contributed by atoms with van der Waals surface area (Å²) in [6, 6.07) is 13.1. The van der Waals surface area contributed by atoms with Crippen LogP contribution >= 0.6 is 15.9 Å². The highest BCUT2D eigenvalue weighted by atomic mass is 79.9. The van der Waals surface area contributed by atoms with Crippen LogP contribution in [-0.4, -0.2) is 51.9 Å². The van der Waals surface area contributed by atoms with Crippen LogP contribution in [0.3, 0.4) is 0 Å². The Kier molecular flexibility index (Phi) is 7.33. The summed E-state index contributed by atoms with van der Waals surface area (Å²) >= 11 is 3.45. The zero-order valence-electron chi connectivity index (χ0n) is 22.9. The first-order valence-corrected chi connectivity index (χ1v) is 14.2. The fourth-order valence-electron chi connectivity index (χ4n) is 6.34. The van der Waals surface area contributed by atoms with Crippen LogP contribution in [0.5, 0.6) is 5.75 Å². The van der Waals surface area contributed by atoms with Gasteiger partial charge in [0.1, 0.15) is 11.4 Å². The lowest BCUT2D eigenvalue weighted by molar-refractivity contribution is -0.172. The van der Waals surface area contributed by atoms with Crippen LogP contribution in [0.25, 0.3) is 11.3 Å². The van der Waals surface area contributed by atoms with Gasteiger partial charge in [0.25, 0.3) is 5.92 Å². The minimum Gasteiger partial charge on any atom is -0.497 e. The van der Waals surface area contributed by atoms with Crippen molar-refractivity contribution in [2.24, 2.45) is 11.3 Å². The van der Waals surface area contributed by atoms with E-state index in [2.05, 4.69) is 40.1 Å². The second kappa shape index (κ2) is 10.3. The van der Waals surface area contributed by atoms with Crippen LogP contribution < -0.4 is 4.74 Å². The van der Waals surface area contributed by atoms with Crippen molar-refractivity contribution in [1.29, 1.82) is 0 Å². The van der Waals surface area contributed by atoms with Gasteiger partial charge in [-0.2, -0.15) is 0 Å². The van der Waals surface area contributed by atoms with Crippen molar-refractivity contribution < 1.29 is 18.3 Å². The molecule has 0 N–H and O–H groups in total. The molecule has 1 aliphatic heterocycles. The SMILES string of the molecule is COc1ccc(C)c(-c2cn(CC3(C(C)C)CCCN(C(=O)C4(c5cccc(Br)c5)CC(F)(F)C4)C3)nn2)c1. The molecule has 1 saturated heterocycles. The maximum Gasteiger partial charge on any atom is 0.250 e. The van der Waals surface area contributed by atoms with Crippen molar-refractivity contribution in [1.82, 2.24) is 19.9 Å². The van der Waals surface area contributed by atoms with Crippen molar-refractivity contribution in [3.05, 3.63) is 64.3 Å². The molecule has 2 aliphatic rings. The number of halogens is 3. The number of piperidine rings is 1. The Hall–Kier alpha value is -2.81. The Morgan fingerprint density at radius 2 is 1.95 bits per heavy atom. The molecule has 1 aliphatic carbocycles. The van der Waals surface area contributed by atoms with E-state index in [9.17, 15) is 13.6 Å². The highest BCUT2D eigenvalue weighted by molar-refractivity contribution is 9.10. The number of benzene rings is 2. The van der Waals surface area contributed by atoms with E-state index >= 15 is 0 Å². The molecule has 1 aromatic heterocycles. The summed E-state index contributed by atoms with van der Waals surface area (Å²) in [7, 11) is 1.64. The zero-order valence-corrected chi connectivity index (χ0v) is 24.5. The van der Waals surface area contributed by atoms with Crippen LogP contribution in [0.15, 0.2) is 53.1 Å². The Morgan fingerprint density at radius 1 is 1.18 bits per heavy atom. The van der Waals surface area contributed by atoms with Gasteiger partial charge in [0.05, 0.1) is 25.3 Å². The van der Waals surface area contributed by atoms with Gasteiger partial charge >= 0.3 is 0 Å². The van der Waals surface area contributed by atoms with E-state index in [1.54, 1.807) is 13.2 Å². The first-order chi connectivity index (χ1) is 18.5. The fraction of sp³-hybridized carbons (Fsp3) is 0.500. The number of nitrogens with zero attached hydrogens (tertiary/aromatic N) is 4. The number of methoxy groups -OCH3 is 1. The second-order valence-corrected chi connectivity index (χ2v) is 12.5. The highest BCUT2D eigenvalue weighted by Gasteiger charge is 2.63. The van der Waals surface area contributed by atoms with Gasteiger partial charge in [-0.25, -0.2) is 8.78 Å². The van der Waals surface area contributed by atoms with E-state index in [4.69, 9.17) is 4.74 Å². The van der Waals surface area contributed by atoms with Gasteiger partial charge < -0.3 is 9.64 Å². The van der Waals surface area contributed by atoms with Crippen molar-refractivity contribution in [3.8, 4) is 17.0 Å². The van der Waals surface area contributed by atoms with Gasteiger partial charge in [-0.05, 0) is 61.1 Å². The Bertz CT molecular complexity index is 1370. The summed E-state index contributed by atoms with van der Waals surface area (Å²) in [5.74, 6) is -2.03. The maximum absolute atomic E-state index is 14.3. The van der Waals surface area contributed by atoms with Gasteiger partial charge in [0.15, 0.2) is 0 Å². The number of rotatable bonds is 7. The average molecular weight is 602 g/mol. The smallest absolute Gasteiger partial charge is 0.250 e. The molecule has 5 rings (SSSR count). The molecule has 6 nitrogen and oxygen atoms in total. The summed E-state index contributed by atoms with van der Waals surface area (Å²) < 4.78 is 36.7. The number of ether oxygens (including phenoxy) is 1. The zero-order chi connectivity index (χ0) is 28.0. The van der Waals surface area contributed by atoms with Gasteiger partial charge in [-0.1, -0.05) is 53.2 Å². The predicted molar refractivity (Wildman–Crippen MR) is 150 cm³/mol. The van der Waals surface area contributed by atoms with E-state index < -0.39 is 24.2 Å². The third-order valence-corrected chi connectivity index (χ3v) is 9.26. The summed E-state index contributed by atoms with van der Waals surface area (Å²) in [5.41, 5.74) is 2.00. The van der Waals surface area contributed by atoms with E-state index in [1.807, 2.05) is 59.1 Å². The number of carbonyl (C=O) groups is 1. The molecule has 0 bridgehead atoms. The Morgan fingerprint density at radius 3 is 2.62 bits per heavy atom. The molecule has 39 heavy (non-hydrogen) atoms. The number of hydrogen-bond acceptors (Lipinski definition) is 4. The number of aromatic nitrogens is 3. The molecule has 1 unspecified atom stereocenters. The van der Waals surface area contributed by atoms with Crippen LogP contribution in [0.2, 0.25) is 0 Å². The van der Waals surface area contributed by atoms with E-state index in [0.29, 0.717) is 25.2 Å². The molecule has 3 aromatic rings. The molecule has 1 saturated carbocycles. The lowest BCUT2D eigenvalue weighted by Gasteiger charge is -2.52. The quantitative estimate of drug-likeness (QED) is 0.304. The first kappa shape index (κ1) is 27.7. The maximum atomic E-state index is 14.3. The monoisotopic (exact) mass is 600 g/mol. The van der Waals surface area contributed by atoms with Crippen molar-refractivity contribution in [2.45, 2.75) is 64.3 Å². The van der Waals surface area contributed by atoms with Crippen molar-refractivity contribution in [3.63, 3.8) is 0 Å². The molecular weight excluding hydrogens is 566 g/mol. The van der Waals surface area contributed by atoms with E-state index in [-0.39, 0.29) is 17.2 Å². The van der Waals surface area contributed by atoms with Crippen molar-refractivity contribution >= 4 is 21.8 Å². The van der Waals surface area contributed by atoms with Crippen LogP contribution in [0.4, 0.5) is 8.78 Å². The molecule has 208 valence electrons. The van der Waals surface area contributed by atoms with Crippen LogP contribution in [-0.2, 0) is 16.8 Å². The van der Waals surface area contributed by atoms with Gasteiger partial charge in [0.2, 0.25) is 5.91 Å². The number of carbonyl (C=O) groups excluding carboxylic acids is 1. The van der Waals surface area contributed by atoms with Crippen LogP contribution in [0.1, 0.15) is 50.7 Å². The lowest BCUT2D eigenvalue weighted by Crippen LogP contribution is -2.62. The minimum atomic E-state index is -2.84. The Labute approximate surface area is 236 Å². The van der Waals surface area contributed by atoms with Gasteiger partial charge in [-0.15, -0.1) is 5.10 Å². The molecule has 0 spiro atoms. The average Bonchev–Trinajstić information content (AvgIpc) is 3.34. The van der Waals surface area contributed by atoms with Crippen molar-refractivity contribution in [2.75, 3.05) is 20.2 Å². The van der Waals surface area contributed by atoms with Gasteiger partial charge in [-0.3, -0.25) is 9.48 Å². The second-order valence-electron chi connectivity index (χ2n) is 11.6. The first-order valence-electron chi connectivity index (χ1n) is 13.5. The standard InChI is InChI=1S/C30H35BrF2N4O2/c1-20(2)28(19-37-15-26(34-35-37)25-14-24(39-4)10-9-21(25)3)11-6-12-36(18-28)27(38)29(16-30(32,33)17-29)22-7-5-8-23(31)13-22/h5,7-10,13-15,20H,6,11-12,16-19H2,1-4H3. The molecular formula is C30H35BrF2N4O2. The largest absolute Gasteiger partial charge is 0.497 e. The number of amides is 1. The van der Waals surface area contributed by atoms with Crippen LogP contribution in [0, 0.1) is 18.3 Å². The summed E-state index contributed by atoms with van der Waals surface area (Å²) in [5, 5.41) is 8.90. The fourth-order valence-corrected chi connectivity index (χ4v) is 6.74. The number of aryl methyl sites for hydroxylation is 1. The molecule has 2 fully saturated rings. The number of hydrogen-bond donors (Lipinski definition) is 0. The minimum absolute atomic E-state index is 0.192. The highest BCUT2D eigenvalue weighted by Crippen LogP contribution is 2.55. The lowest BCUT2D eigenvalue weighted by atomic mass is 9.60. The molecule has 0 radical (unpaired) electrons. The third kappa shape index (κ3) is 5.22. The number of alkyl halides is 2. The molecule has 2 aromatic carbocycles. The van der Waals surface area contributed by atoms with E-state index in [1.165, 1.54) is 0 Å². The normalized spacial score (nSPS) is 22.0. The molecule has 1 atom stereocenters. The third-order valence-electron chi connectivity index (χ3n) is 8.76. The number of likely N-dealkylation sites (tertiary alicyclic amines) is 1. The Balaban J connectivity index is 1.41. The molecule has 1 amide bonds. The van der Waals surface area contributed by atoms with E-state index in [0.717, 1.165) is 39.9 Å². The summed E-state index contributed by atoms with van der Waals surface area (Å²) in [6.07, 6.45) is 2.77. The topological polar surface area (TPSA) is 60.2 Å². The molecule has 9 heteroatoms. The summed E-state index contributed by atoms with van der Waals surface area (Å²) in [4.78, 5) is 15.9. The summed E-state index contributed by atoms with van der Waals surface area (Å²) in [6.45, 7) is 8.02. The molecule has 2 heterocycles. The predicted octanol–water partition coefficient (Wildman–Crippen LogP) is 6.66.